The average Bonchev–Trinajstić information content (AvgIpc) is 2.96. The van der Waals surface area contributed by atoms with Gasteiger partial charge in [0.2, 0.25) is 0 Å². The molecule has 2 rings (SSSR count). The van der Waals surface area contributed by atoms with E-state index in [1.165, 1.54) is 22.9 Å². The summed E-state index contributed by atoms with van der Waals surface area (Å²) in [5.74, 6) is 0. The zero-order valence-corrected chi connectivity index (χ0v) is 11.0. The summed E-state index contributed by atoms with van der Waals surface area (Å²) >= 11 is 3.61. The highest BCUT2D eigenvalue weighted by molar-refractivity contribution is 9.10. The smallest absolute Gasteiger partial charge is 0.0207 e. The first-order valence-corrected chi connectivity index (χ1v) is 6.36. The van der Waals surface area contributed by atoms with Gasteiger partial charge in [0.1, 0.15) is 0 Å². The van der Waals surface area contributed by atoms with Gasteiger partial charge in [-0.3, -0.25) is 0 Å². The molecule has 2 heteroatoms. The minimum Gasteiger partial charge on any atom is -0.316 e. The van der Waals surface area contributed by atoms with E-state index in [0.29, 0.717) is 11.5 Å². The van der Waals surface area contributed by atoms with E-state index in [9.17, 15) is 0 Å². The van der Waals surface area contributed by atoms with Gasteiger partial charge in [0.15, 0.2) is 0 Å². The average molecular weight is 268 g/mol. The normalized spacial score (nSPS) is 19.9. The summed E-state index contributed by atoms with van der Waals surface area (Å²) < 4.78 is 1.23. The Morgan fingerprint density at radius 2 is 2.07 bits per heavy atom. The van der Waals surface area contributed by atoms with Gasteiger partial charge in [-0.25, -0.2) is 0 Å². The van der Waals surface area contributed by atoms with Gasteiger partial charge in [-0.05, 0) is 43.4 Å². The van der Waals surface area contributed by atoms with E-state index in [2.05, 4.69) is 59.5 Å². The Balaban J connectivity index is 2.10. The monoisotopic (exact) mass is 267 g/mol. The van der Waals surface area contributed by atoms with Gasteiger partial charge >= 0.3 is 0 Å². The Hall–Kier alpha value is -0.340. The van der Waals surface area contributed by atoms with E-state index in [1.807, 2.05) is 0 Å². The molecule has 1 aromatic carbocycles. The summed E-state index contributed by atoms with van der Waals surface area (Å²) in [6.07, 6.45) is 3.85. The summed E-state index contributed by atoms with van der Waals surface area (Å²) in [7, 11) is 2.07. The second kappa shape index (κ2) is 4.26. The molecule has 82 valence electrons. The maximum Gasteiger partial charge on any atom is 0.0207 e. The molecule has 0 aromatic heterocycles. The molecule has 1 aliphatic carbocycles. The van der Waals surface area contributed by atoms with Crippen LogP contribution in [-0.2, 0) is 6.42 Å². The van der Waals surface area contributed by atoms with Crippen LogP contribution in [0.2, 0.25) is 0 Å². The van der Waals surface area contributed by atoms with Gasteiger partial charge in [0.05, 0.1) is 0 Å². The predicted octanol–water partition coefficient (Wildman–Crippen LogP) is 3.38. The van der Waals surface area contributed by atoms with Crippen molar-refractivity contribution in [2.45, 2.75) is 32.2 Å². The molecule has 0 amide bonds. The highest BCUT2D eigenvalue weighted by Crippen LogP contribution is 2.49. The number of hydrogen-bond acceptors (Lipinski definition) is 1. The first-order chi connectivity index (χ1) is 7.15. The third-order valence-electron chi connectivity index (χ3n) is 3.61. The molecule has 1 atom stereocenters. The molecule has 15 heavy (non-hydrogen) atoms. The molecule has 1 nitrogen and oxygen atoms in total. The van der Waals surface area contributed by atoms with Crippen LogP contribution in [0.5, 0.6) is 0 Å². The molecule has 0 aliphatic heterocycles. The Labute approximate surface area is 100 Å². The molecule has 1 saturated carbocycles. The fourth-order valence-electron chi connectivity index (χ4n) is 2.13. The first-order valence-electron chi connectivity index (χ1n) is 5.56. The van der Waals surface area contributed by atoms with Crippen molar-refractivity contribution in [2.24, 2.45) is 5.41 Å². The van der Waals surface area contributed by atoms with E-state index >= 15 is 0 Å². The van der Waals surface area contributed by atoms with E-state index in [4.69, 9.17) is 0 Å². The standard InChI is InChI=1S/C13H18BrN/c1-13(7-8-13)12(15-2)9-10-5-3-4-6-11(10)14/h3-6,12,15H,7-9H2,1-2H3. The van der Waals surface area contributed by atoms with Gasteiger partial charge in [0, 0.05) is 10.5 Å². The highest BCUT2D eigenvalue weighted by Gasteiger charge is 2.43. The lowest BCUT2D eigenvalue weighted by molar-refractivity contribution is 0.376. The molecule has 0 radical (unpaired) electrons. The summed E-state index contributed by atoms with van der Waals surface area (Å²) in [4.78, 5) is 0. The number of nitrogens with one attached hydrogen (secondary N) is 1. The maximum atomic E-state index is 3.61. The fraction of sp³-hybridized carbons (Fsp3) is 0.538. The second-order valence-electron chi connectivity index (χ2n) is 4.79. The third kappa shape index (κ3) is 2.43. The van der Waals surface area contributed by atoms with E-state index in [1.54, 1.807) is 0 Å². The van der Waals surface area contributed by atoms with Crippen molar-refractivity contribution < 1.29 is 0 Å². The van der Waals surface area contributed by atoms with Gasteiger partial charge in [-0.1, -0.05) is 41.1 Å². The first kappa shape index (κ1) is 11.2. The van der Waals surface area contributed by atoms with Crippen LogP contribution in [0, 0.1) is 5.41 Å². The van der Waals surface area contributed by atoms with Gasteiger partial charge < -0.3 is 5.32 Å². The van der Waals surface area contributed by atoms with Crippen LogP contribution in [0.25, 0.3) is 0 Å². The lowest BCUT2D eigenvalue weighted by Gasteiger charge is -2.23. The van der Waals surface area contributed by atoms with Gasteiger partial charge in [-0.2, -0.15) is 0 Å². The molecule has 1 aliphatic rings. The van der Waals surface area contributed by atoms with E-state index in [0.717, 1.165) is 6.42 Å². The molecular weight excluding hydrogens is 250 g/mol. The Bertz CT molecular complexity index is 344. The Kier molecular flexibility index (Phi) is 3.17. The van der Waals surface area contributed by atoms with Crippen molar-refractivity contribution in [3.05, 3.63) is 34.3 Å². The lowest BCUT2D eigenvalue weighted by Crippen LogP contribution is -2.35. The van der Waals surface area contributed by atoms with Crippen molar-refractivity contribution in [1.29, 1.82) is 0 Å². The summed E-state index contributed by atoms with van der Waals surface area (Å²) in [6, 6.07) is 9.12. The topological polar surface area (TPSA) is 12.0 Å². The van der Waals surface area contributed by atoms with Crippen molar-refractivity contribution in [3.63, 3.8) is 0 Å². The Morgan fingerprint density at radius 1 is 1.40 bits per heavy atom. The van der Waals surface area contributed by atoms with Crippen molar-refractivity contribution in [2.75, 3.05) is 7.05 Å². The quantitative estimate of drug-likeness (QED) is 0.882. The zero-order chi connectivity index (χ0) is 10.9. The minimum atomic E-state index is 0.532. The Morgan fingerprint density at radius 3 is 2.60 bits per heavy atom. The van der Waals surface area contributed by atoms with Crippen molar-refractivity contribution in [1.82, 2.24) is 5.32 Å². The molecule has 1 unspecified atom stereocenters. The van der Waals surface area contributed by atoms with Crippen LogP contribution in [-0.4, -0.2) is 13.1 Å². The van der Waals surface area contributed by atoms with Crippen LogP contribution in [0.4, 0.5) is 0 Å². The van der Waals surface area contributed by atoms with Crippen LogP contribution in [0.3, 0.4) is 0 Å². The van der Waals surface area contributed by atoms with Gasteiger partial charge in [-0.15, -0.1) is 0 Å². The largest absolute Gasteiger partial charge is 0.316 e. The molecule has 0 bridgehead atoms. The summed E-state index contributed by atoms with van der Waals surface area (Å²) in [5, 5.41) is 3.46. The van der Waals surface area contributed by atoms with Crippen LogP contribution in [0.15, 0.2) is 28.7 Å². The molecular formula is C13H18BrN. The number of benzene rings is 1. The molecule has 0 spiro atoms. The van der Waals surface area contributed by atoms with Crippen molar-refractivity contribution >= 4 is 15.9 Å². The number of rotatable bonds is 4. The number of likely N-dealkylation sites (N-methyl/N-ethyl adjacent to an activating group) is 1. The molecule has 0 saturated heterocycles. The van der Waals surface area contributed by atoms with E-state index < -0.39 is 0 Å². The molecule has 1 aromatic rings. The highest BCUT2D eigenvalue weighted by atomic mass is 79.9. The van der Waals surface area contributed by atoms with E-state index in [-0.39, 0.29) is 0 Å². The lowest BCUT2D eigenvalue weighted by atomic mass is 9.92. The fourth-order valence-corrected chi connectivity index (χ4v) is 2.57. The van der Waals surface area contributed by atoms with Gasteiger partial charge in [0.25, 0.3) is 0 Å². The number of halogens is 1. The van der Waals surface area contributed by atoms with Crippen LogP contribution < -0.4 is 5.32 Å². The number of hydrogen-bond donors (Lipinski definition) is 1. The predicted molar refractivity (Wildman–Crippen MR) is 68.0 cm³/mol. The zero-order valence-electron chi connectivity index (χ0n) is 9.39. The van der Waals surface area contributed by atoms with Crippen LogP contribution in [0.1, 0.15) is 25.3 Å². The minimum absolute atomic E-state index is 0.532. The summed E-state index contributed by atoms with van der Waals surface area (Å²) in [6.45, 7) is 2.38. The maximum absolute atomic E-state index is 3.61. The summed E-state index contributed by atoms with van der Waals surface area (Å²) in [5.41, 5.74) is 1.94. The third-order valence-corrected chi connectivity index (χ3v) is 4.38. The molecule has 0 heterocycles. The van der Waals surface area contributed by atoms with Crippen LogP contribution >= 0.6 is 15.9 Å². The molecule has 1 fully saturated rings. The van der Waals surface area contributed by atoms with Crippen molar-refractivity contribution in [3.8, 4) is 0 Å². The second-order valence-corrected chi connectivity index (χ2v) is 5.65. The molecule has 1 N–H and O–H groups in total. The SMILES string of the molecule is CNC(Cc1ccccc1Br)C1(C)CC1.